The Kier molecular flexibility index (Phi) is 5.12. The van der Waals surface area contributed by atoms with Crippen LogP contribution in [0, 0.1) is 25.6 Å². The van der Waals surface area contributed by atoms with Crippen molar-refractivity contribution in [1.82, 2.24) is 19.9 Å². The highest BCUT2D eigenvalue weighted by Crippen LogP contribution is 2.45. The third-order valence-electron chi connectivity index (χ3n) is 6.62. The van der Waals surface area contributed by atoms with Crippen LogP contribution in [0.4, 0.5) is 4.39 Å². The van der Waals surface area contributed by atoms with Gasteiger partial charge in [0.05, 0.1) is 6.04 Å². The summed E-state index contributed by atoms with van der Waals surface area (Å²) in [5, 5.41) is 0. The Morgan fingerprint density at radius 2 is 1.91 bits per heavy atom. The highest BCUT2D eigenvalue weighted by Gasteiger charge is 2.53. The number of aromatic nitrogens is 3. The molecule has 0 aromatic carbocycles. The van der Waals surface area contributed by atoms with E-state index in [1.54, 1.807) is 18.5 Å². The molecule has 3 aromatic rings. The molecule has 3 aromatic heterocycles. The Labute approximate surface area is 186 Å². The van der Waals surface area contributed by atoms with Crippen molar-refractivity contribution in [3.63, 3.8) is 0 Å². The Morgan fingerprint density at radius 1 is 1.09 bits per heavy atom. The number of halogens is 1. The number of hydrogen-bond donors (Lipinski definition) is 0. The van der Waals surface area contributed by atoms with Gasteiger partial charge in [-0.05, 0) is 68.9 Å². The van der Waals surface area contributed by atoms with Crippen molar-refractivity contribution < 1.29 is 13.9 Å². The Hall–Kier alpha value is -3.35. The molecule has 2 aliphatic rings. The normalized spacial score (nSPS) is 24.1. The molecule has 1 aliphatic carbocycles. The van der Waals surface area contributed by atoms with Gasteiger partial charge in [0, 0.05) is 36.3 Å². The lowest BCUT2D eigenvalue weighted by atomic mass is 9.98. The number of hydrogen-bond acceptors (Lipinski definition) is 5. The zero-order chi connectivity index (χ0) is 22.4. The first-order chi connectivity index (χ1) is 15.4. The number of rotatable bonds is 4. The average Bonchev–Trinajstić information content (AvgIpc) is 3.33. The van der Waals surface area contributed by atoms with Crippen LogP contribution in [0.25, 0.3) is 11.3 Å². The number of amides is 1. The van der Waals surface area contributed by atoms with Gasteiger partial charge in [-0.25, -0.2) is 9.37 Å². The molecular formula is C25H25FN4O2. The van der Waals surface area contributed by atoms with Crippen molar-refractivity contribution in [1.29, 1.82) is 0 Å². The molecule has 164 valence electrons. The largest absolute Gasteiger partial charge is 0.472 e. The van der Waals surface area contributed by atoms with Crippen molar-refractivity contribution >= 4 is 5.91 Å². The van der Waals surface area contributed by atoms with Gasteiger partial charge in [0.1, 0.15) is 23.3 Å². The molecule has 1 saturated heterocycles. The van der Waals surface area contributed by atoms with Crippen LogP contribution >= 0.6 is 0 Å². The monoisotopic (exact) mass is 432 g/mol. The number of fused-ring (bicyclic) bond motifs is 2. The minimum atomic E-state index is -0.475. The molecule has 1 aliphatic heterocycles. The van der Waals surface area contributed by atoms with Crippen LogP contribution in [0.3, 0.4) is 0 Å². The Bertz CT molecular complexity index is 1170. The molecule has 0 N–H and O–H groups in total. The molecule has 1 amide bonds. The minimum Gasteiger partial charge on any atom is -0.472 e. The highest BCUT2D eigenvalue weighted by molar-refractivity contribution is 5.99. The maximum atomic E-state index is 14.5. The number of pyridine rings is 3. The average molecular weight is 432 g/mol. The number of nitrogens with zero attached hydrogens (tertiary/aromatic N) is 4. The zero-order valence-corrected chi connectivity index (χ0v) is 18.3. The number of likely N-dealkylation sites (tertiary alicyclic amines) is 1. The van der Waals surface area contributed by atoms with Crippen molar-refractivity contribution in [2.45, 2.75) is 51.8 Å². The Morgan fingerprint density at radius 3 is 2.62 bits per heavy atom. The van der Waals surface area contributed by atoms with Crippen molar-refractivity contribution in [2.24, 2.45) is 5.92 Å². The van der Waals surface area contributed by atoms with Gasteiger partial charge in [-0.1, -0.05) is 6.07 Å². The first-order valence-electron chi connectivity index (χ1n) is 10.9. The number of piperidine rings is 1. The van der Waals surface area contributed by atoms with E-state index >= 15 is 0 Å². The molecule has 32 heavy (non-hydrogen) atoms. The summed E-state index contributed by atoms with van der Waals surface area (Å²) >= 11 is 0. The van der Waals surface area contributed by atoms with E-state index in [1.807, 2.05) is 30.9 Å². The van der Waals surface area contributed by atoms with Gasteiger partial charge in [0.25, 0.3) is 5.91 Å². The molecule has 0 spiro atoms. The summed E-state index contributed by atoms with van der Waals surface area (Å²) in [6, 6.07) is 8.46. The summed E-state index contributed by atoms with van der Waals surface area (Å²) in [7, 11) is 0. The smallest absolute Gasteiger partial charge is 0.273 e. The maximum Gasteiger partial charge on any atom is 0.273 e. The molecule has 2 fully saturated rings. The SMILES string of the molecule is Cc1ccc(OC2CC3CC2N(C(=O)c2ncc(C)cc2-c2ncccc2F)C3C)nc1. The standard InChI is InChI=1S/C25H25FN4O2/c1-14-6-7-22(28-12-14)32-21-11-17-10-20(21)30(16(17)3)25(31)24-18(9-15(2)13-29-24)23-19(26)5-4-8-27-23/h4-9,12-13,16-17,20-21H,10-11H2,1-3H3. The second-order valence-electron chi connectivity index (χ2n) is 8.82. The predicted molar refractivity (Wildman–Crippen MR) is 118 cm³/mol. The molecule has 2 bridgehead atoms. The van der Waals surface area contributed by atoms with Gasteiger partial charge >= 0.3 is 0 Å². The molecule has 4 unspecified atom stereocenters. The van der Waals surface area contributed by atoms with E-state index in [1.165, 1.54) is 18.3 Å². The minimum absolute atomic E-state index is 0.0582. The third-order valence-corrected chi connectivity index (χ3v) is 6.62. The summed E-state index contributed by atoms with van der Waals surface area (Å²) in [4.78, 5) is 28.6. The lowest BCUT2D eigenvalue weighted by Gasteiger charge is -2.37. The number of carbonyl (C=O) groups is 1. The summed E-state index contributed by atoms with van der Waals surface area (Å²) in [6.07, 6.45) is 6.57. The summed E-state index contributed by atoms with van der Waals surface area (Å²) in [5.74, 6) is 0.226. The zero-order valence-electron chi connectivity index (χ0n) is 18.3. The first kappa shape index (κ1) is 20.5. The number of ether oxygens (including phenoxy) is 1. The number of aryl methyl sites for hydroxylation is 2. The summed E-state index contributed by atoms with van der Waals surface area (Å²) in [5.41, 5.74) is 2.68. The van der Waals surface area contributed by atoms with Gasteiger partial charge in [-0.3, -0.25) is 14.8 Å². The highest BCUT2D eigenvalue weighted by atomic mass is 19.1. The summed E-state index contributed by atoms with van der Waals surface area (Å²) < 4.78 is 20.7. The van der Waals surface area contributed by atoms with Gasteiger partial charge < -0.3 is 9.64 Å². The van der Waals surface area contributed by atoms with Crippen LogP contribution in [0.15, 0.2) is 48.9 Å². The van der Waals surface area contributed by atoms with E-state index < -0.39 is 5.82 Å². The van der Waals surface area contributed by atoms with Gasteiger partial charge in [0.15, 0.2) is 0 Å². The van der Waals surface area contributed by atoms with Gasteiger partial charge in [0.2, 0.25) is 5.88 Å². The lowest BCUT2D eigenvalue weighted by molar-refractivity contribution is 0.0310. The van der Waals surface area contributed by atoms with Crippen LogP contribution in [0.2, 0.25) is 0 Å². The fourth-order valence-corrected chi connectivity index (χ4v) is 5.00. The third kappa shape index (κ3) is 3.51. The van der Waals surface area contributed by atoms with E-state index in [9.17, 15) is 9.18 Å². The fourth-order valence-electron chi connectivity index (χ4n) is 5.00. The quantitative estimate of drug-likeness (QED) is 0.613. The van der Waals surface area contributed by atoms with Crippen LogP contribution < -0.4 is 4.74 Å². The van der Waals surface area contributed by atoms with E-state index in [0.29, 0.717) is 17.4 Å². The fraction of sp³-hybridized carbons (Fsp3) is 0.360. The van der Waals surface area contributed by atoms with Crippen LogP contribution in [-0.2, 0) is 0 Å². The predicted octanol–water partition coefficient (Wildman–Crippen LogP) is 4.37. The van der Waals surface area contributed by atoms with Crippen molar-refractivity contribution in [3.8, 4) is 17.1 Å². The first-order valence-corrected chi connectivity index (χ1v) is 10.9. The van der Waals surface area contributed by atoms with E-state index in [2.05, 4.69) is 21.9 Å². The van der Waals surface area contributed by atoms with Gasteiger partial charge in [-0.15, -0.1) is 0 Å². The van der Waals surface area contributed by atoms with Crippen molar-refractivity contribution in [2.75, 3.05) is 0 Å². The second kappa shape index (κ2) is 7.97. The second-order valence-corrected chi connectivity index (χ2v) is 8.82. The molecule has 0 radical (unpaired) electrons. The van der Waals surface area contributed by atoms with Crippen molar-refractivity contribution in [3.05, 3.63) is 71.6 Å². The molecule has 7 heteroatoms. The van der Waals surface area contributed by atoms with E-state index in [-0.39, 0.29) is 35.5 Å². The molecule has 5 rings (SSSR count). The molecular weight excluding hydrogens is 407 g/mol. The Balaban J connectivity index is 1.47. The number of carbonyl (C=O) groups excluding carboxylic acids is 1. The van der Waals surface area contributed by atoms with Gasteiger partial charge in [-0.2, -0.15) is 0 Å². The maximum absolute atomic E-state index is 14.5. The van der Waals surface area contributed by atoms with E-state index in [0.717, 1.165) is 24.0 Å². The van der Waals surface area contributed by atoms with Crippen LogP contribution in [0.5, 0.6) is 5.88 Å². The molecule has 1 saturated carbocycles. The molecule has 4 atom stereocenters. The molecule has 6 nitrogen and oxygen atoms in total. The van der Waals surface area contributed by atoms with E-state index in [4.69, 9.17) is 4.74 Å². The summed E-state index contributed by atoms with van der Waals surface area (Å²) in [6.45, 7) is 5.91. The molecule has 4 heterocycles. The lowest BCUT2D eigenvalue weighted by Crippen LogP contribution is -2.51. The van der Waals surface area contributed by atoms with Crippen LogP contribution in [0.1, 0.15) is 41.4 Å². The van der Waals surface area contributed by atoms with Crippen LogP contribution in [-0.4, -0.2) is 43.9 Å². The topological polar surface area (TPSA) is 68.2 Å².